The Balaban J connectivity index is 2.48. The molecule has 5 heteroatoms. The molecule has 0 bridgehead atoms. The molecule has 0 saturated carbocycles. The number of para-hydroxylation sites is 1. The number of carbonyl (C=O) groups excluding carboxylic acids is 1. The largest absolute Gasteiger partial charge is 0.274 e. The Morgan fingerprint density at radius 1 is 1.20 bits per heavy atom. The lowest BCUT2D eigenvalue weighted by atomic mass is 10.0. The number of rotatable bonds is 2. The van der Waals surface area contributed by atoms with E-state index in [1.54, 1.807) is 24.3 Å². The van der Waals surface area contributed by atoms with Crippen LogP contribution in [0.15, 0.2) is 52.7 Å². The highest BCUT2D eigenvalue weighted by molar-refractivity contribution is 6.34. The summed E-state index contributed by atoms with van der Waals surface area (Å²) in [5, 5.41) is 17.8. The van der Waals surface area contributed by atoms with Gasteiger partial charge in [0.25, 0.3) is 0 Å². The molecule has 0 N–H and O–H groups in total. The van der Waals surface area contributed by atoms with Gasteiger partial charge in [0.1, 0.15) is 22.9 Å². The fourth-order valence-electron chi connectivity index (χ4n) is 1.94. The molecule has 20 heavy (non-hydrogen) atoms. The van der Waals surface area contributed by atoms with Crippen molar-refractivity contribution in [1.82, 2.24) is 0 Å². The average molecular weight is 284 g/mol. The number of hydrogen-bond donors (Lipinski definition) is 0. The Bertz CT molecular complexity index is 661. The van der Waals surface area contributed by atoms with Crippen LogP contribution in [-0.4, -0.2) is 5.91 Å². The van der Waals surface area contributed by atoms with Gasteiger partial charge in [-0.05, 0) is 30.2 Å². The molecule has 0 spiro atoms. The van der Waals surface area contributed by atoms with E-state index in [0.29, 0.717) is 24.1 Å². The zero-order valence-electron chi connectivity index (χ0n) is 10.5. The highest BCUT2D eigenvalue weighted by Gasteiger charge is 2.26. The topological polar surface area (TPSA) is 67.9 Å². The van der Waals surface area contributed by atoms with Crippen LogP contribution in [0.5, 0.6) is 0 Å². The minimum Gasteiger partial charge on any atom is -0.274 e. The molecule has 1 aliphatic rings. The third kappa shape index (κ3) is 2.71. The van der Waals surface area contributed by atoms with Crippen molar-refractivity contribution in [2.75, 3.05) is 4.90 Å². The first-order chi connectivity index (χ1) is 9.67. The highest BCUT2D eigenvalue weighted by atomic mass is 35.5. The van der Waals surface area contributed by atoms with E-state index >= 15 is 0 Å². The Morgan fingerprint density at radius 3 is 2.45 bits per heavy atom. The minimum absolute atomic E-state index is 0.0273. The number of nitriles is 2. The number of hydrogen-bond acceptors (Lipinski definition) is 3. The van der Waals surface area contributed by atoms with Crippen molar-refractivity contribution in [2.24, 2.45) is 0 Å². The molecule has 0 atom stereocenters. The second-order valence-electron chi connectivity index (χ2n) is 4.16. The Kier molecular flexibility index (Phi) is 4.20. The summed E-state index contributed by atoms with van der Waals surface area (Å²) >= 11 is 6.26. The number of carbonyl (C=O) groups is 1. The van der Waals surface area contributed by atoms with Gasteiger partial charge in [0.2, 0.25) is 5.91 Å². The van der Waals surface area contributed by atoms with E-state index < -0.39 is 0 Å². The van der Waals surface area contributed by atoms with Crippen LogP contribution in [0.4, 0.5) is 5.69 Å². The van der Waals surface area contributed by atoms with Crippen LogP contribution in [0.2, 0.25) is 0 Å². The van der Waals surface area contributed by atoms with Gasteiger partial charge in [-0.25, -0.2) is 0 Å². The SMILES string of the molecule is N#CC(C#N)=CC1=C(Cl)N(c2ccccc2)C(=O)CC1. The maximum atomic E-state index is 12.0. The molecule has 1 aromatic rings. The second-order valence-corrected chi connectivity index (χ2v) is 4.52. The zero-order chi connectivity index (χ0) is 14.5. The van der Waals surface area contributed by atoms with Crippen molar-refractivity contribution in [3.05, 3.63) is 52.7 Å². The smallest absolute Gasteiger partial charge is 0.232 e. The fraction of sp³-hybridized carbons (Fsp3) is 0.133. The fourth-order valence-corrected chi connectivity index (χ4v) is 2.28. The van der Waals surface area contributed by atoms with Crippen molar-refractivity contribution in [3.8, 4) is 12.1 Å². The molecule has 1 aromatic carbocycles. The Labute approximate surface area is 121 Å². The molecular formula is C15H10ClN3O. The van der Waals surface area contributed by atoms with Gasteiger partial charge >= 0.3 is 0 Å². The van der Waals surface area contributed by atoms with Crippen LogP contribution in [0.3, 0.4) is 0 Å². The molecule has 0 fully saturated rings. The van der Waals surface area contributed by atoms with Crippen LogP contribution in [0.25, 0.3) is 0 Å². The average Bonchev–Trinajstić information content (AvgIpc) is 2.48. The van der Waals surface area contributed by atoms with Gasteiger partial charge < -0.3 is 0 Å². The molecule has 98 valence electrons. The lowest BCUT2D eigenvalue weighted by molar-refractivity contribution is -0.118. The number of anilines is 1. The molecule has 1 amide bonds. The highest BCUT2D eigenvalue weighted by Crippen LogP contribution is 2.32. The number of halogens is 1. The standard InChI is InChI=1S/C15H10ClN3O/c16-15-12(8-11(9-17)10-18)6-7-14(20)19(15)13-4-2-1-3-5-13/h1-5,8H,6-7H2. The first kappa shape index (κ1) is 13.9. The predicted molar refractivity (Wildman–Crippen MR) is 75.4 cm³/mol. The van der Waals surface area contributed by atoms with Crippen molar-refractivity contribution < 1.29 is 4.79 Å². The maximum absolute atomic E-state index is 12.0. The maximum Gasteiger partial charge on any atom is 0.232 e. The van der Waals surface area contributed by atoms with Crippen LogP contribution >= 0.6 is 11.6 Å². The lowest BCUT2D eigenvalue weighted by Gasteiger charge is -2.27. The van der Waals surface area contributed by atoms with E-state index in [9.17, 15) is 4.79 Å². The van der Waals surface area contributed by atoms with Gasteiger partial charge in [-0.2, -0.15) is 10.5 Å². The summed E-state index contributed by atoms with van der Waals surface area (Å²) in [4.78, 5) is 13.4. The number of allylic oxidation sites excluding steroid dienone is 3. The Hall–Kier alpha value is -2.56. The molecular weight excluding hydrogens is 274 g/mol. The Morgan fingerprint density at radius 2 is 1.85 bits per heavy atom. The minimum atomic E-state index is -0.103. The van der Waals surface area contributed by atoms with Crippen molar-refractivity contribution >= 4 is 23.2 Å². The van der Waals surface area contributed by atoms with Gasteiger partial charge in [0.15, 0.2) is 0 Å². The van der Waals surface area contributed by atoms with E-state index in [-0.39, 0.29) is 16.6 Å². The third-order valence-electron chi connectivity index (χ3n) is 2.89. The van der Waals surface area contributed by atoms with Crippen LogP contribution in [-0.2, 0) is 4.79 Å². The molecule has 1 aliphatic heterocycles. The summed E-state index contributed by atoms with van der Waals surface area (Å²) in [6, 6.07) is 12.6. The van der Waals surface area contributed by atoms with Gasteiger partial charge in [-0.1, -0.05) is 29.8 Å². The van der Waals surface area contributed by atoms with Crippen molar-refractivity contribution in [2.45, 2.75) is 12.8 Å². The number of nitrogens with zero attached hydrogens (tertiary/aromatic N) is 3. The number of amides is 1. The lowest BCUT2D eigenvalue weighted by Crippen LogP contribution is -2.32. The summed E-state index contributed by atoms with van der Waals surface area (Å²) in [5.74, 6) is -0.103. The molecule has 0 saturated heterocycles. The zero-order valence-corrected chi connectivity index (χ0v) is 11.3. The quantitative estimate of drug-likeness (QED) is 0.618. The van der Waals surface area contributed by atoms with Crippen LogP contribution in [0, 0.1) is 22.7 Å². The van der Waals surface area contributed by atoms with E-state index in [1.165, 1.54) is 11.0 Å². The molecule has 0 radical (unpaired) electrons. The molecule has 2 rings (SSSR count). The van der Waals surface area contributed by atoms with Gasteiger partial charge in [-0.3, -0.25) is 9.69 Å². The van der Waals surface area contributed by atoms with Crippen LogP contribution < -0.4 is 4.90 Å². The summed E-state index contributed by atoms with van der Waals surface area (Å²) in [5.41, 5.74) is 1.26. The molecule has 0 aromatic heterocycles. The van der Waals surface area contributed by atoms with Crippen molar-refractivity contribution in [1.29, 1.82) is 10.5 Å². The van der Waals surface area contributed by atoms with Gasteiger partial charge in [-0.15, -0.1) is 0 Å². The van der Waals surface area contributed by atoms with E-state index in [0.717, 1.165) is 0 Å². The van der Waals surface area contributed by atoms with E-state index in [1.807, 2.05) is 18.2 Å². The van der Waals surface area contributed by atoms with Crippen molar-refractivity contribution in [3.63, 3.8) is 0 Å². The normalized spacial score (nSPS) is 14.6. The van der Waals surface area contributed by atoms with E-state index in [2.05, 4.69) is 0 Å². The molecule has 1 heterocycles. The van der Waals surface area contributed by atoms with E-state index in [4.69, 9.17) is 22.1 Å². The predicted octanol–water partition coefficient (Wildman–Crippen LogP) is 3.24. The van der Waals surface area contributed by atoms with Gasteiger partial charge in [0.05, 0.1) is 0 Å². The molecule has 0 aliphatic carbocycles. The first-order valence-electron chi connectivity index (χ1n) is 5.96. The summed E-state index contributed by atoms with van der Waals surface area (Å²) in [7, 11) is 0. The first-order valence-corrected chi connectivity index (χ1v) is 6.33. The second kappa shape index (κ2) is 6.06. The monoisotopic (exact) mass is 283 g/mol. The molecule has 0 unspecified atom stereocenters. The third-order valence-corrected chi connectivity index (χ3v) is 3.30. The summed E-state index contributed by atoms with van der Waals surface area (Å²) in [6.45, 7) is 0. The van der Waals surface area contributed by atoms with Gasteiger partial charge in [0, 0.05) is 12.1 Å². The van der Waals surface area contributed by atoms with Crippen LogP contribution in [0.1, 0.15) is 12.8 Å². The molecule has 4 nitrogen and oxygen atoms in total. The summed E-state index contributed by atoms with van der Waals surface area (Å²) in [6.07, 6.45) is 2.15. The summed E-state index contributed by atoms with van der Waals surface area (Å²) < 4.78 is 0. The number of benzene rings is 1.